The van der Waals surface area contributed by atoms with E-state index in [0.29, 0.717) is 31.5 Å². The van der Waals surface area contributed by atoms with Gasteiger partial charge in [-0.25, -0.2) is 4.98 Å². The van der Waals surface area contributed by atoms with Crippen LogP contribution in [0.2, 0.25) is 0 Å². The first-order valence-corrected chi connectivity index (χ1v) is 9.09. The van der Waals surface area contributed by atoms with Crippen molar-refractivity contribution in [3.05, 3.63) is 41.7 Å². The zero-order valence-corrected chi connectivity index (χ0v) is 15.8. The van der Waals surface area contributed by atoms with Crippen molar-refractivity contribution in [1.29, 1.82) is 0 Å². The Balaban J connectivity index is 1.74. The first-order chi connectivity index (χ1) is 13.2. The van der Waals surface area contributed by atoms with E-state index in [1.165, 1.54) is 5.56 Å². The third-order valence-electron chi connectivity index (χ3n) is 4.04. The normalized spacial score (nSPS) is 14.5. The highest BCUT2D eigenvalue weighted by Crippen LogP contribution is 2.18. The fourth-order valence-electron chi connectivity index (χ4n) is 2.65. The number of nitrogens with one attached hydrogen (secondary N) is 2. The molecule has 8 nitrogen and oxygen atoms in total. The van der Waals surface area contributed by atoms with Gasteiger partial charge in [0, 0.05) is 25.7 Å². The Hall–Kier alpha value is -2.71. The number of anilines is 2. The van der Waals surface area contributed by atoms with Crippen molar-refractivity contribution in [3.63, 3.8) is 0 Å². The second-order valence-electron chi connectivity index (χ2n) is 6.21. The number of rotatable bonds is 8. The van der Waals surface area contributed by atoms with E-state index < -0.39 is 0 Å². The molecule has 0 atom stereocenters. The summed E-state index contributed by atoms with van der Waals surface area (Å²) >= 11 is 0. The van der Waals surface area contributed by atoms with Gasteiger partial charge in [0.2, 0.25) is 5.88 Å². The van der Waals surface area contributed by atoms with Crippen LogP contribution in [0.15, 0.2) is 35.4 Å². The maximum atomic E-state index is 5.75. The van der Waals surface area contributed by atoms with Crippen LogP contribution in [0.3, 0.4) is 0 Å². The highest BCUT2D eigenvalue weighted by molar-refractivity contribution is 5.76. The van der Waals surface area contributed by atoms with E-state index >= 15 is 0 Å². The number of nitrogens with zero attached hydrogens (tertiary/aromatic N) is 4. The molecule has 0 amide bonds. The number of aryl methyl sites for hydroxylation is 1. The van der Waals surface area contributed by atoms with Crippen LogP contribution in [0.25, 0.3) is 0 Å². The average molecular weight is 370 g/mol. The van der Waals surface area contributed by atoms with Crippen LogP contribution in [0.4, 0.5) is 11.5 Å². The quantitative estimate of drug-likeness (QED) is 0.415. The summed E-state index contributed by atoms with van der Waals surface area (Å²) in [7, 11) is 1.89. The van der Waals surface area contributed by atoms with Crippen molar-refractivity contribution in [2.24, 2.45) is 5.10 Å². The number of hydrogen-bond acceptors (Lipinski definition) is 8. The van der Waals surface area contributed by atoms with Crippen molar-refractivity contribution in [2.45, 2.75) is 6.92 Å². The molecule has 0 saturated carbocycles. The van der Waals surface area contributed by atoms with Crippen LogP contribution in [0, 0.1) is 6.92 Å². The lowest BCUT2D eigenvalue weighted by molar-refractivity contribution is 0.122. The molecule has 1 aliphatic rings. The van der Waals surface area contributed by atoms with Crippen molar-refractivity contribution in [2.75, 3.05) is 56.8 Å². The summed E-state index contributed by atoms with van der Waals surface area (Å²) in [4.78, 5) is 11.2. The molecule has 1 aromatic heterocycles. The number of hydrogen-bond donors (Lipinski definition) is 2. The van der Waals surface area contributed by atoms with E-state index in [1.54, 1.807) is 6.21 Å². The zero-order chi connectivity index (χ0) is 18.9. The van der Waals surface area contributed by atoms with Gasteiger partial charge >= 0.3 is 0 Å². The molecule has 1 aliphatic heterocycles. The SMILES string of the molecule is CNCCOc1cc(N2CCOCC2)nc(/C=N/Nc2cccc(C)c2)n1. The van der Waals surface area contributed by atoms with Crippen LogP contribution >= 0.6 is 0 Å². The molecule has 144 valence electrons. The minimum absolute atomic E-state index is 0.499. The van der Waals surface area contributed by atoms with Gasteiger partial charge in [-0.3, -0.25) is 5.43 Å². The first kappa shape index (κ1) is 19.1. The van der Waals surface area contributed by atoms with Crippen LogP contribution in [0.1, 0.15) is 11.4 Å². The van der Waals surface area contributed by atoms with Gasteiger partial charge in [-0.2, -0.15) is 10.1 Å². The lowest BCUT2D eigenvalue weighted by Crippen LogP contribution is -2.37. The molecular weight excluding hydrogens is 344 g/mol. The Kier molecular flexibility index (Phi) is 6.95. The molecule has 0 unspecified atom stereocenters. The minimum atomic E-state index is 0.499. The Morgan fingerprint density at radius 2 is 2.11 bits per heavy atom. The van der Waals surface area contributed by atoms with Crippen molar-refractivity contribution < 1.29 is 9.47 Å². The lowest BCUT2D eigenvalue weighted by Gasteiger charge is -2.28. The molecule has 2 N–H and O–H groups in total. The molecule has 0 bridgehead atoms. The van der Waals surface area contributed by atoms with Gasteiger partial charge < -0.3 is 19.7 Å². The van der Waals surface area contributed by atoms with Crippen molar-refractivity contribution in [1.82, 2.24) is 15.3 Å². The topological polar surface area (TPSA) is 83.9 Å². The van der Waals surface area contributed by atoms with E-state index in [0.717, 1.165) is 31.1 Å². The van der Waals surface area contributed by atoms with Gasteiger partial charge in [0.1, 0.15) is 12.4 Å². The zero-order valence-electron chi connectivity index (χ0n) is 15.8. The third-order valence-corrected chi connectivity index (χ3v) is 4.04. The monoisotopic (exact) mass is 370 g/mol. The Bertz CT molecular complexity index is 762. The molecule has 0 radical (unpaired) electrons. The molecule has 1 saturated heterocycles. The van der Waals surface area contributed by atoms with E-state index in [9.17, 15) is 0 Å². The molecule has 1 aromatic carbocycles. The van der Waals surface area contributed by atoms with E-state index in [-0.39, 0.29) is 0 Å². The van der Waals surface area contributed by atoms with E-state index in [4.69, 9.17) is 9.47 Å². The summed E-state index contributed by atoms with van der Waals surface area (Å²) in [5.74, 6) is 1.86. The summed E-state index contributed by atoms with van der Waals surface area (Å²) < 4.78 is 11.2. The van der Waals surface area contributed by atoms with E-state index in [2.05, 4.69) is 30.7 Å². The van der Waals surface area contributed by atoms with E-state index in [1.807, 2.05) is 44.3 Å². The fourth-order valence-corrected chi connectivity index (χ4v) is 2.65. The number of morpholine rings is 1. The van der Waals surface area contributed by atoms with Gasteiger partial charge in [-0.05, 0) is 31.7 Å². The van der Waals surface area contributed by atoms with Crippen molar-refractivity contribution >= 4 is 17.7 Å². The number of likely N-dealkylation sites (N-methyl/N-ethyl adjacent to an activating group) is 1. The standard InChI is InChI=1S/C19H26N6O2/c1-15-4-3-5-16(12-15)24-21-14-17-22-18(25-7-10-26-11-8-25)13-19(23-17)27-9-6-20-2/h3-5,12-14,20,24H,6-11H2,1-2H3/b21-14+. The van der Waals surface area contributed by atoms with Gasteiger partial charge in [0.25, 0.3) is 0 Å². The fraction of sp³-hybridized carbons (Fsp3) is 0.421. The Labute approximate surface area is 159 Å². The molecule has 8 heteroatoms. The van der Waals surface area contributed by atoms with Gasteiger partial charge in [-0.15, -0.1) is 0 Å². The Morgan fingerprint density at radius 1 is 1.26 bits per heavy atom. The number of benzene rings is 1. The summed E-state index contributed by atoms with van der Waals surface area (Å²) in [5, 5.41) is 7.32. The molecule has 0 spiro atoms. The van der Waals surface area contributed by atoms with Gasteiger partial charge in [0.15, 0.2) is 5.82 Å². The predicted molar refractivity (Wildman–Crippen MR) is 107 cm³/mol. The molecule has 2 aromatic rings. The van der Waals surface area contributed by atoms with Gasteiger partial charge in [-0.1, -0.05) is 12.1 Å². The smallest absolute Gasteiger partial charge is 0.219 e. The highest BCUT2D eigenvalue weighted by Gasteiger charge is 2.15. The van der Waals surface area contributed by atoms with Gasteiger partial charge in [0.05, 0.1) is 25.1 Å². The van der Waals surface area contributed by atoms with Crippen molar-refractivity contribution in [3.8, 4) is 5.88 Å². The van der Waals surface area contributed by atoms with Crippen LogP contribution in [-0.4, -0.2) is 62.7 Å². The van der Waals surface area contributed by atoms with Crippen LogP contribution in [0.5, 0.6) is 5.88 Å². The van der Waals surface area contributed by atoms with Crippen LogP contribution < -0.4 is 20.4 Å². The summed E-state index contributed by atoms with van der Waals surface area (Å²) in [6.07, 6.45) is 1.61. The average Bonchev–Trinajstić information content (AvgIpc) is 2.69. The third kappa shape index (κ3) is 5.90. The summed E-state index contributed by atoms with van der Waals surface area (Å²) in [5.41, 5.74) is 5.09. The number of aromatic nitrogens is 2. The highest BCUT2D eigenvalue weighted by atomic mass is 16.5. The largest absolute Gasteiger partial charge is 0.476 e. The molecule has 27 heavy (non-hydrogen) atoms. The molecular formula is C19H26N6O2. The first-order valence-electron chi connectivity index (χ1n) is 9.09. The maximum Gasteiger partial charge on any atom is 0.219 e. The minimum Gasteiger partial charge on any atom is -0.476 e. The predicted octanol–water partition coefficient (Wildman–Crippen LogP) is 1.67. The van der Waals surface area contributed by atoms with Crippen LogP contribution in [-0.2, 0) is 4.74 Å². The second-order valence-corrected chi connectivity index (χ2v) is 6.21. The Morgan fingerprint density at radius 3 is 2.89 bits per heavy atom. The summed E-state index contributed by atoms with van der Waals surface area (Å²) in [6.45, 7) is 6.30. The number of ether oxygens (including phenoxy) is 2. The molecule has 1 fully saturated rings. The molecule has 2 heterocycles. The second kappa shape index (κ2) is 9.84. The maximum absolute atomic E-state index is 5.75. The summed E-state index contributed by atoms with van der Waals surface area (Å²) in [6, 6.07) is 9.87. The number of hydrazone groups is 1. The molecule has 3 rings (SSSR count). The molecule has 0 aliphatic carbocycles. The lowest BCUT2D eigenvalue weighted by atomic mass is 10.2.